The van der Waals surface area contributed by atoms with E-state index in [1.807, 2.05) is 6.92 Å². The number of benzene rings is 1. The smallest absolute Gasteiger partial charge is 0.270 e. The maximum atomic E-state index is 10.7. The maximum absolute atomic E-state index is 10.7. The van der Waals surface area contributed by atoms with Gasteiger partial charge in [0.05, 0.1) is 10.8 Å². The molecular weight excluding hydrogens is 246 g/mol. The van der Waals surface area contributed by atoms with Crippen LogP contribution in [0.25, 0.3) is 11.5 Å². The van der Waals surface area contributed by atoms with E-state index in [9.17, 15) is 10.1 Å². The Kier molecular flexibility index (Phi) is 3.06. The predicted molar refractivity (Wildman–Crippen MR) is 60.7 cm³/mol. The van der Waals surface area contributed by atoms with Crippen LogP contribution in [-0.2, 0) is 5.88 Å². The van der Waals surface area contributed by atoms with Gasteiger partial charge >= 0.3 is 0 Å². The first-order valence-corrected chi connectivity index (χ1v) is 5.29. The molecule has 1 heterocycles. The highest BCUT2D eigenvalue weighted by Gasteiger charge is 2.15. The van der Waals surface area contributed by atoms with E-state index in [0.29, 0.717) is 11.4 Å². The normalized spacial score (nSPS) is 10.5. The standard InChI is InChI=1S/C10H8ClN3O3/c1-6-2-3-7(14(15)16)4-8(6)10-12-9(5-11)13-17-10/h2-4H,5H2,1H3. The van der Waals surface area contributed by atoms with Gasteiger partial charge in [-0.15, -0.1) is 11.6 Å². The van der Waals surface area contributed by atoms with Crippen LogP contribution in [0, 0.1) is 17.0 Å². The topological polar surface area (TPSA) is 82.1 Å². The molecule has 6 nitrogen and oxygen atoms in total. The van der Waals surface area contributed by atoms with E-state index in [1.165, 1.54) is 12.1 Å². The Morgan fingerprint density at radius 3 is 2.88 bits per heavy atom. The number of alkyl halides is 1. The predicted octanol–water partition coefficient (Wildman–Crippen LogP) is 2.69. The summed E-state index contributed by atoms with van der Waals surface area (Å²) in [5.41, 5.74) is 1.35. The van der Waals surface area contributed by atoms with E-state index in [-0.39, 0.29) is 17.5 Å². The van der Waals surface area contributed by atoms with Gasteiger partial charge in [0.2, 0.25) is 0 Å². The van der Waals surface area contributed by atoms with Crippen molar-refractivity contribution in [2.75, 3.05) is 0 Å². The van der Waals surface area contributed by atoms with E-state index in [1.54, 1.807) is 6.07 Å². The summed E-state index contributed by atoms with van der Waals surface area (Å²) >= 11 is 5.56. The van der Waals surface area contributed by atoms with Crippen LogP contribution >= 0.6 is 11.6 Å². The van der Waals surface area contributed by atoms with Gasteiger partial charge in [-0.3, -0.25) is 10.1 Å². The minimum atomic E-state index is -0.470. The highest BCUT2D eigenvalue weighted by molar-refractivity contribution is 6.16. The molecule has 0 spiro atoms. The Labute approximate surface area is 101 Å². The van der Waals surface area contributed by atoms with Gasteiger partial charge in [0.15, 0.2) is 5.82 Å². The number of nitro groups is 1. The third-order valence-electron chi connectivity index (χ3n) is 2.25. The number of aromatic nitrogens is 2. The Morgan fingerprint density at radius 2 is 2.29 bits per heavy atom. The fourth-order valence-electron chi connectivity index (χ4n) is 1.37. The first-order chi connectivity index (χ1) is 8.11. The SMILES string of the molecule is Cc1ccc([N+](=O)[O-])cc1-c1nc(CCl)no1. The molecule has 7 heteroatoms. The van der Waals surface area contributed by atoms with Crippen LogP contribution in [0.3, 0.4) is 0 Å². The highest BCUT2D eigenvalue weighted by atomic mass is 35.5. The summed E-state index contributed by atoms with van der Waals surface area (Å²) in [5.74, 6) is 0.728. The molecule has 0 bridgehead atoms. The van der Waals surface area contributed by atoms with Gasteiger partial charge in [-0.1, -0.05) is 11.2 Å². The lowest BCUT2D eigenvalue weighted by Gasteiger charge is -1.99. The zero-order valence-electron chi connectivity index (χ0n) is 8.88. The molecule has 0 aliphatic carbocycles. The Bertz CT molecular complexity index is 568. The average Bonchev–Trinajstić information content (AvgIpc) is 2.77. The zero-order valence-corrected chi connectivity index (χ0v) is 9.64. The monoisotopic (exact) mass is 253 g/mol. The number of aryl methyl sites for hydroxylation is 1. The molecule has 0 aliphatic heterocycles. The molecule has 0 radical (unpaired) electrons. The third kappa shape index (κ3) is 2.26. The molecule has 0 amide bonds. The fraction of sp³-hybridized carbons (Fsp3) is 0.200. The Balaban J connectivity index is 2.49. The van der Waals surface area contributed by atoms with Gasteiger partial charge in [0, 0.05) is 17.7 Å². The van der Waals surface area contributed by atoms with E-state index in [0.717, 1.165) is 5.56 Å². The number of hydrogen-bond acceptors (Lipinski definition) is 5. The van der Waals surface area contributed by atoms with E-state index < -0.39 is 4.92 Å². The van der Waals surface area contributed by atoms with Gasteiger partial charge in [-0.25, -0.2) is 0 Å². The van der Waals surface area contributed by atoms with Crippen molar-refractivity contribution in [3.05, 3.63) is 39.7 Å². The number of nitrogens with zero attached hydrogens (tertiary/aromatic N) is 3. The second-order valence-electron chi connectivity index (χ2n) is 3.41. The van der Waals surface area contributed by atoms with Gasteiger partial charge in [-0.2, -0.15) is 4.98 Å². The number of hydrogen-bond donors (Lipinski definition) is 0. The van der Waals surface area contributed by atoms with Crippen LogP contribution in [0.1, 0.15) is 11.4 Å². The van der Waals surface area contributed by atoms with Crippen molar-refractivity contribution < 1.29 is 9.45 Å². The average molecular weight is 254 g/mol. The van der Waals surface area contributed by atoms with Crippen LogP contribution in [0.2, 0.25) is 0 Å². The van der Waals surface area contributed by atoms with Crippen molar-refractivity contribution in [2.45, 2.75) is 12.8 Å². The van der Waals surface area contributed by atoms with Crippen molar-refractivity contribution in [1.29, 1.82) is 0 Å². The first-order valence-electron chi connectivity index (χ1n) is 4.76. The van der Waals surface area contributed by atoms with Gasteiger partial charge in [0.25, 0.3) is 11.6 Å². The minimum Gasteiger partial charge on any atom is -0.334 e. The molecule has 17 heavy (non-hydrogen) atoms. The summed E-state index contributed by atoms with van der Waals surface area (Å²) < 4.78 is 4.99. The highest BCUT2D eigenvalue weighted by Crippen LogP contribution is 2.26. The maximum Gasteiger partial charge on any atom is 0.270 e. The van der Waals surface area contributed by atoms with Crippen molar-refractivity contribution in [3.8, 4) is 11.5 Å². The molecule has 1 aromatic carbocycles. The van der Waals surface area contributed by atoms with Crippen molar-refractivity contribution >= 4 is 17.3 Å². The lowest BCUT2D eigenvalue weighted by molar-refractivity contribution is -0.384. The van der Waals surface area contributed by atoms with Crippen LogP contribution in [0.4, 0.5) is 5.69 Å². The lowest BCUT2D eigenvalue weighted by Crippen LogP contribution is -1.91. The summed E-state index contributed by atoms with van der Waals surface area (Å²) in [6.45, 7) is 1.81. The van der Waals surface area contributed by atoms with Gasteiger partial charge in [0.1, 0.15) is 0 Å². The molecule has 1 aromatic heterocycles. The van der Waals surface area contributed by atoms with Crippen LogP contribution in [0.5, 0.6) is 0 Å². The van der Waals surface area contributed by atoms with Crippen molar-refractivity contribution in [1.82, 2.24) is 10.1 Å². The minimum absolute atomic E-state index is 0.0174. The molecular formula is C10H8ClN3O3. The molecule has 0 N–H and O–H groups in total. The number of nitro benzene ring substituents is 1. The van der Waals surface area contributed by atoms with Crippen molar-refractivity contribution in [2.24, 2.45) is 0 Å². The quantitative estimate of drug-likeness (QED) is 0.477. The molecule has 2 aromatic rings. The molecule has 2 rings (SSSR count). The lowest BCUT2D eigenvalue weighted by atomic mass is 10.1. The first kappa shape index (κ1) is 11.5. The molecule has 0 aliphatic rings. The molecule has 0 fully saturated rings. The number of halogens is 1. The zero-order chi connectivity index (χ0) is 12.4. The van der Waals surface area contributed by atoms with Crippen LogP contribution in [-0.4, -0.2) is 15.1 Å². The van der Waals surface area contributed by atoms with Gasteiger partial charge < -0.3 is 4.52 Å². The van der Waals surface area contributed by atoms with Crippen LogP contribution < -0.4 is 0 Å². The number of rotatable bonds is 3. The number of non-ortho nitro benzene ring substituents is 1. The molecule has 88 valence electrons. The Morgan fingerprint density at radius 1 is 1.53 bits per heavy atom. The second-order valence-corrected chi connectivity index (χ2v) is 3.67. The summed E-state index contributed by atoms with van der Waals surface area (Å²) in [6, 6.07) is 4.47. The van der Waals surface area contributed by atoms with E-state index in [2.05, 4.69) is 10.1 Å². The summed E-state index contributed by atoms with van der Waals surface area (Å²) in [6.07, 6.45) is 0. The Hall–Kier alpha value is -1.95. The summed E-state index contributed by atoms with van der Waals surface area (Å²) in [5, 5.41) is 14.3. The van der Waals surface area contributed by atoms with E-state index in [4.69, 9.17) is 16.1 Å². The molecule has 0 saturated heterocycles. The second kappa shape index (κ2) is 4.50. The van der Waals surface area contributed by atoms with Gasteiger partial charge in [-0.05, 0) is 12.5 Å². The van der Waals surface area contributed by atoms with Crippen LogP contribution in [0.15, 0.2) is 22.7 Å². The fourth-order valence-corrected chi connectivity index (χ4v) is 1.48. The van der Waals surface area contributed by atoms with Crippen molar-refractivity contribution in [3.63, 3.8) is 0 Å². The largest absolute Gasteiger partial charge is 0.334 e. The molecule has 0 atom stereocenters. The third-order valence-corrected chi connectivity index (χ3v) is 2.49. The summed E-state index contributed by atoms with van der Waals surface area (Å²) in [4.78, 5) is 14.2. The summed E-state index contributed by atoms with van der Waals surface area (Å²) in [7, 11) is 0. The van der Waals surface area contributed by atoms with E-state index >= 15 is 0 Å². The molecule has 0 unspecified atom stereocenters. The molecule has 0 saturated carbocycles.